The van der Waals surface area contributed by atoms with E-state index >= 15 is 0 Å². The summed E-state index contributed by atoms with van der Waals surface area (Å²) in [7, 11) is 0. The molecule has 2 aromatic rings. The minimum Gasteiger partial charge on any atom is -0.478 e. The molecule has 4 nitrogen and oxygen atoms in total. The number of aromatic nitrogens is 1. The van der Waals surface area contributed by atoms with Gasteiger partial charge in [-0.1, -0.05) is 41.9 Å². The average molecular weight is 288 g/mol. The largest absolute Gasteiger partial charge is 0.478 e. The Kier molecular flexibility index (Phi) is 4.27. The monoisotopic (exact) mass is 287 g/mol. The SMILES string of the molecule is O=C(O)C(=Cc1cncc(Cl)c1)C(=O)c1ccccc1. The Labute approximate surface area is 120 Å². The van der Waals surface area contributed by atoms with E-state index in [1.54, 1.807) is 30.3 Å². The lowest BCUT2D eigenvalue weighted by Gasteiger charge is -2.02. The van der Waals surface area contributed by atoms with Gasteiger partial charge in [-0.3, -0.25) is 9.78 Å². The molecule has 0 spiro atoms. The number of carbonyl (C=O) groups excluding carboxylic acids is 1. The Bertz CT molecular complexity index is 681. The normalized spacial score (nSPS) is 11.2. The van der Waals surface area contributed by atoms with E-state index in [2.05, 4.69) is 4.98 Å². The van der Waals surface area contributed by atoms with E-state index in [0.717, 1.165) is 0 Å². The van der Waals surface area contributed by atoms with Crippen molar-refractivity contribution >= 4 is 29.4 Å². The van der Waals surface area contributed by atoms with E-state index in [1.807, 2.05) is 0 Å². The number of hydrogen-bond acceptors (Lipinski definition) is 3. The summed E-state index contributed by atoms with van der Waals surface area (Å²) in [6.07, 6.45) is 4.13. The van der Waals surface area contributed by atoms with Crippen LogP contribution in [0.1, 0.15) is 15.9 Å². The first-order valence-corrected chi connectivity index (χ1v) is 6.11. The number of carbonyl (C=O) groups is 2. The summed E-state index contributed by atoms with van der Waals surface area (Å²) >= 11 is 5.78. The van der Waals surface area contributed by atoms with Crippen molar-refractivity contribution in [2.24, 2.45) is 0 Å². The maximum atomic E-state index is 12.2. The molecule has 100 valence electrons. The van der Waals surface area contributed by atoms with Crippen LogP contribution in [0, 0.1) is 0 Å². The van der Waals surface area contributed by atoms with Crippen molar-refractivity contribution in [1.29, 1.82) is 0 Å². The molecule has 5 heteroatoms. The first kappa shape index (κ1) is 14.0. The van der Waals surface area contributed by atoms with Crippen LogP contribution >= 0.6 is 11.6 Å². The molecular weight excluding hydrogens is 278 g/mol. The molecule has 1 N–H and O–H groups in total. The second kappa shape index (κ2) is 6.12. The molecule has 0 aliphatic heterocycles. The lowest BCUT2D eigenvalue weighted by atomic mass is 10.0. The first-order valence-electron chi connectivity index (χ1n) is 5.73. The van der Waals surface area contributed by atoms with Crippen LogP contribution in [-0.2, 0) is 4.79 Å². The Hall–Kier alpha value is -2.46. The van der Waals surface area contributed by atoms with Gasteiger partial charge in [-0.05, 0) is 17.7 Å². The van der Waals surface area contributed by atoms with Crippen LogP contribution in [0.15, 0.2) is 54.4 Å². The molecule has 0 unspecified atom stereocenters. The van der Waals surface area contributed by atoms with Crippen molar-refractivity contribution in [3.8, 4) is 0 Å². The molecule has 0 saturated carbocycles. The van der Waals surface area contributed by atoms with Crippen molar-refractivity contribution in [3.05, 3.63) is 70.5 Å². The highest BCUT2D eigenvalue weighted by molar-refractivity contribution is 6.30. The lowest BCUT2D eigenvalue weighted by Crippen LogP contribution is -2.12. The van der Waals surface area contributed by atoms with Crippen molar-refractivity contribution in [2.45, 2.75) is 0 Å². The molecule has 20 heavy (non-hydrogen) atoms. The number of Topliss-reactive ketones (excluding diaryl/α,β-unsaturated/α-hetero) is 1. The number of nitrogens with zero attached hydrogens (tertiary/aromatic N) is 1. The van der Waals surface area contributed by atoms with E-state index in [4.69, 9.17) is 11.6 Å². The maximum Gasteiger partial charge on any atom is 0.339 e. The fourth-order valence-electron chi connectivity index (χ4n) is 1.64. The lowest BCUT2D eigenvalue weighted by molar-refractivity contribution is -0.132. The molecule has 0 amide bonds. The van der Waals surface area contributed by atoms with Gasteiger partial charge in [0.1, 0.15) is 5.57 Å². The smallest absolute Gasteiger partial charge is 0.339 e. The molecular formula is C15H10ClNO3. The van der Waals surface area contributed by atoms with Gasteiger partial charge in [-0.15, -0.1) is 0 Å². The predicted octanol–water partition coefficient (Wildman–Crippen LogP) is 3.09. The minimum absolute atomic E-state index is 0.316. The standard InChI is InChI=1S/C15H10ClNO3/c16-12-6-10(8-17-9-12)7-13(15(19)20)14(18)11-4-2-1-3-5-11/h1-9H,(H,19,20). The molecule has 1 aromatic carbocycles. The summed E-state index contributed by atoms with van der Waals surface area (Å²) < 4.78 is 0. The summed E-state index contributed by atoms with van der Waals surface area (Å²) in [5, 5.41) is 9.56. The number of aliphatic carboxylic acids is 1. The Morgan fingerprint density at radius 2 is 1.85 bits per heavy atom. The van der Waals surface area contributed by atoms with Gasteiger partial charge >= 0.3 is 5.97 Å². The minimum atomic E-state index is -1.29. The van der Waals surface area contributed by atoms with Gasteiger partial charge in [-0.2, -0.15) is 0 Å². The summed E-state index contributed by atoms with van der Waals surface area (Å²) in [6.45, 7) is 0. The third kappa shape index (κ3) is 3.30. The molecule has 0 atom stereocenters. The van der Waals surface area contributed by atoms with Crippen LogP contribution in [0.4, 0.5) is 0 Å². The Morgan fingerprint density at radius 3 is 2.45 bits per heavy atom. The number of rotatable bonds is 4. The van der Waals surface area contributed by atoms with E-state index in [-0.39, 0.29) is 5.57 Å². The van der Waals surface area contributed by atoms with Crippen LogP contribution < -0.4 is 0 Å². The highest BCUT2D eigenvalue weighted by atomic mass is 35.5. The van der Waals surface area contributed by atoms with Gasteiger partial charge in [0.25, 0.3) is 0 Å². The summed E-state index contributed by atoms with van der Waals surface area (Å²) in [5.41, 5.74) is 0.440. The summed E-state index contributed by atoms with van der Waals surface area (Å²) in [4.78, 5) is 27.3. The molecule has 2 rings (SSSR count). The maximum absolute atomic E-state index is 12.2. The summed E-state index contributed by atoms with van der Waals surface area (Å²) in [5.74, 6) is -1.85. The molecule has 0 bridgehead atoms. The van der Waals surface area contributed by atoms with Crippen LogP contribution in [-0.4, -0.2) is 21.8 Å². The molecule has 1 heterocycles. The van der Waals surface area contributed by atoms with Crippen LogP contribution in [0.5, 0.6) is 0 Å². The number of carboxylic acid groups (broad SMARTS) is 1. The molecule has 0 aliphatic rings. The van der Waals surface area contributed by atoms with Crippen LogP contribution in [0.25, 0.3) is 6.08 Å². The van der Waals surface area contributed by atoms with Crippen molar-refractivity contribution in [2.75, 3.05) is 0 Å². The topological polar surface area (TPSA) is 67.3 Å². The van der Waals surface area contributed by atoms with Gasteiger partial charge in [0.2, 0.25) is 0 Å². The molecule has 0 aliphatic carbocycles. The zero-order valence-electron chi connectivity index (χ0n) is 10.3. The Balaban J connectivity index is 2.42. The average Bonchev–Trinajstić information content (AvgIpc) is 2.45. The second-order valence-electron chi connectivity index (χ2n) is 3.99. The number of halogens is 1. The fourth-order valence-corrected chi connectivity index (χ4v) is 1.83. The van der Waals surface area contributed by atoms with Gasteiger partial charge in [-0.25, -0.2) is 4.79 Å². The van der Waals surface area contributed by atoms with Gasteiger partial charge in [0, 0.05) is 18.0 Å². The molecule has 1 aromatic heterocycles. The predicted molar refractivity (Wildman–Crippen MR) is 75.6 cm³/mol. The van der Waals surface area contributed by atoms with Crippen molar-refractivity contribution in [1.82, 2.24) is 4.98 Å². The fraction of sp³-hybridized carbons (Fsp3) is 0. The van der Waals surface area contributed by atoms with E-state index < -0.39 is 11.8 Å². The van der Waals surface area contributed by atoms with Crippen molar-refractivity contribution < 1.29 is 14.7 Å². The van der Waals surface area contributed by atoms with E-state index in [1.165, 1.54) is 24.5 Å². The number of carboxylic acids is 1. The van der Waals surface area contributed by atoms with Gasteiger partial charge in [0.05, 0.1) is 5.02 Å². The Morgan fingerprint density at radius 1 is 1.15 bits per heavy atom. The van der Waals surface area contributed by atoms with Crippen LogP contribution in [0.2, 0.25) is 5.02 Å². The number of pyridine rings is 1. The number of benzene rings is 1. The number of ketones is 1. The van der Waals surface area contributed by atoms with Gasteiger partial charge in [0.15, 0.2) is 5.78 Å². The van der Waals surface area contributed by atoms with Crippen LogP contribution in [0.3, 0.4) is 0 Å². The van der Waals surface area contributed by atoms with E-state index in [9.17, 15) is 14.7 Å². The second-order valence-corrected chi connectivity index (χ2v) is 4.43. The van der Waals surface area contributed by atoms with Crippen molar-refractivity contribution in [3.63, 3.8) is 0 Å². The third-order valence-electron chi connectivity index (χ3n) is 2.55. The van der Waals surface area contributed by atoms with Gasteiger partial charge < -0.3 is 5.11 Å². The molecule has 0 saturated heterocycles. The first-order chi connectivity index (χ1) is 9.58. The third-order valence-corrected chi connectivity index (χ3v) is 2.75. The highest BCUT2D eigenvalue weighted by Gasteiger charge is 2.18. The highest BCUT2D eigenvalue weighted by Crippen LogP contribution is 2.15. The van der Waals surface area contributed by atoms with E-state index in [0.29, 0.717) is 16.1 Å². The molecule has 0 radical (unpaired) electrons. The number of hydrogen-bond donors (Lipinski definition) is 1. The quantitative estimate of drug-likeness (QED) is 0.406. The molecule has 0 fully saturated rings. The zero-order valence-corrected chi connectivity index (χ0v) is 11.0. The zero-order chi connectivity index (χ0) is 14.5. The summed E-state index contributed by atoms with van der Waals surface area (Å²) in [6, 6.07) is 9.77.